The first-order chi connectivity index (χ1) is 7.60. The Hall–Kier alpha value is -1.41. The molecule has 0 bridgehead atoms. The van der Waals surface area contributed by atoms with Gasteiger partial charge in [-0.3, -0.25) is 4.79 Å². The molecule has 0 fully saturated rings. The average Bonchev–Trinajstić information content (AvgIpc) is 2.66. The van der Waals surface area contributed by atoms with E-state index in [0.29, 0.717) is 13.0 Å². The number of amides is 1. The molecule has 1 atom stereocenters. The van der Waals surface area contributed by atoms with Crippen LogP contribution < -0.4 is 0 Å². The number of hydrogen-bond donors (Lipinski definition) is 0. The van der Waals surface area contributed by atoms with E-state index in [4.69, 9.17) is 5.26 Å². The summed E-state index contributed by atoms with van der Waals surface area (Å²) in [6.45, 7) is 4.30. The van der Waals surface area contributed by atoms with Crippen LogP contribution in [0.5, 0.6) is 0 Å². The maximum absolute atomic E-state index is 11.8. The third-order valence-corrected chi connectivity index (χ3v) is 3.38. The van der Waals surface area contributed by atoms with Crippen molar-refractivity contribution in [3.8, 4) is 6.07 Å². The van der Waals surface area contributed by atoms with Crippen LogP contribution in [0.4, 0.5) is 0 Å². The van der Waals surface area contributed by atoms with Crippen molar-refractivity contribution in [3.05, 3.63) is 16.1 Å². The van der Waals surface area contributed by atoms with Gasteiger partial charge in [-0.15, -0.1) is 11.3 Å². The predicted octanol–water partition coefficient (Wildman–Crippen LogP) is 1.96. The maximum atomic E-state index is 11.8. The van der Waals surface area contributed by atoms with Gasteiger partial charge < -0.3 is 4.90 Å². The minimum atomic E-state index is -0.529. The molecule has 16 heavy (non-hydrogen) atoms. The number of hydrogen-bond acceptors (Lipinski definition) is 4. The molecule has 4 nitrogen and oxygen atoms in total. The lowest BCUT2D eigenvalue weighted by molar-refractivity contribution is -0.133. The van der Waals surface area contributed by atoms with Crippen LogP contribution in [0.15, 0.2) is 5.51 Å². The summed E-state index contributed by atoms with van der Waals surface area (Å²) in [4.78, 5) is 18.6. The van der Waals surface area contributed by atoms with E-state index in [2.05, 4.69) is 4.98 Å². The van der Waals surface area contributed by atoms with Crippen molar-refractivity contribution in [2.24, 2.45) is 5.92 Å². The van der Waals surface area contributed by atoms with Gasteiger partial charge in [0.05, 0.1) is 23.8 Å². The molecular formula is C11H15N3OS. The van der Waals surface area contributed by atoms with Crippen LogP contribution >= 0.6 is 11.3 Å². The summed E-state index contributed by atoms with van der Waals surface area (Å²) in [5, 5.41) is 8.82. The highest BCUT2D eigenvalue weighted by molar-refractivity contribution is 7.09. The van der Waals surface area contributed by atoms with E-state index in [0.717, 1.165) is 10.6 Å². The summed E-state index contributed by atoms with van der Waals surface area (Å²) in [7, 11) is 1.72. The second-order valence-corrected chi connectivity index (χ2v) is 4.58. The topological polar surface area (TPSA) is 57.0 Å². The number of nitrogens with zero attached hydrogens (tertiary/aromatic N) is 3. The van der Waals surface area contributed by atoms with Crippen molar-refractivity contribution in [1.29, 1.82) is 5.26 Å². The fraction of sp³-hybridized carbons (Fsp3) is 0.545. The summed E-state index contributed by atoms with van der Waals surface area (Å²) in [6.07, 6.45) is 0.557. The minimum Gasteiger partial charge on any atom is -0.339 e. The molecule has 1 amide bonds. The fourth-order valence-electron chi connectivity index (χ4n) is 1.36. The van der Waals surface area contributed by atoms with E-state index >= 15 is 0 Å². The number of thiazole rings is 1. The zero-order valence-electron chi connectivity index (χ0n) is 9.73. The molecule has 0 aliphatic rings. The first kappa shape index (κ1) is 12.7. The van der Waals surface area contributed by atoms with Gasteiger partial charge in [-0.25, -0.2) is 4.98 Å². The summed E-state index contributed by atoms with van der Waals surface area (Å²) in [5.41, 5.74) is 2.72. The molecule has 0 saturated heterocycles. The number of carbonyl (C=O) groups excluding carboxylic acids is 1. The Morgan fingerprint density at radius 1 is 1.75 bits per heavy atom. The van der Waals surface area contributed by atoms with Crippen molar-refractivity contribution in [2.75, 3.05) is 7.05 Å². The van der Waals surface area contributed by atoms with E-state index in [1.54, 1.807) is 17.5 Å². The van der Waals surface area contributed by atoms with Gasteiger partial charge in [0.25, 0.3) is 0 Å². The first-order valence-electron chi connectivity index (χ1n) is 5.13. The Kier molecular flexibility index (Phi) is 4.44. The van der Waals surface area contributed by atoms with E-state index in [9.17, 15) is 4.79 Å². The second kappa shape index (κ2) is 5.61. The van der Waals surface area contributed by atoms with Crippen LogP contribution in [-0.4, -0.2) is 22.8 Å². The molecule has 1 unspecified atom stereocenters. The summed E-state index contributed by atoms with van der Waals surface area (Å²) < 4.78 is 0. The maximum Gasteiger partial charge on any atom is 0.239 e. The van der Waals surface area contributed by atoms with Crippen molar-refractivity contribution in [1.82, 2.24) is 9.88 Å². The standard InChI is InChI=1S/C11H15N3OS/c1-4-9(5-12)11(15)14(3)6-10-8(2)13-7-16-10/h7,9H,4,6H2,1-3H3. The van der Waals surface area contributed by atoms with Crippen LogP contribution in [-0.2, 0) is 11.3 Å². The Morgan fingerprint density at radius 3 is 2.88 bits per heavy atom. The van der Waals surface area contributed by atoms with Crippen LogP contribution in [0.3, 0.4) is 0 Å². The normalized spacial score (nSPS) is 11.9. The van der Waals surface area contributed by atoms with Gasteiger partial charge in [-0.05, 0) is 13.3 Å². The Bertz CT molecular complexity index is 408. The van der Waals surface area contributed by atoms with Gasteiger partial charge in [-0.1, -0.05) is 6.92 Å². The summed E-state index contributed by atoms with van der Waals surface area (Å²) in [6, 6.07) is 2.02. The van der Waals surface area contributed by atoms with Crippen molar-refractivity contribution >= 4 is 17.2 Å². The lowest BCUT2D eigenvalue weighted by Crippen LogP contribution is -2.31. The molecule has 5 heteroatoms. The minimum absolute atomic E-state index is 0.113. The average molecular weight is 237 g/mol. The van der Waals surface area contributed by atoms with Gasteiger partial charge >= 0.3 is 0 Å². The van der Waals surface area contributed by atoms with Crippen LogP contribution in [0.1, 0.15) is 23.9 Å². The quantitative estimate of drug-likeness (QED) is 0.804. The van der Waals surface area contributed by atoms with Crippen LogP contribution in [0.25, 0.3) is 0 Å². The van der Waals surface area contributed by atoms with Crippen molar-refractivity contribution in [3.63, 3.8) is 0 Å². The molecule has 0 aromatic carbocycles. The van der Waals surface area contributed by atoms with Gasteiger partial charge in [-0.2, -0.15) is 5.26 Å². The van der Waals surface area contributed by atoms with E-state index in [1.165, 1.54) is 11.3 Å². The highest BCUT2D eigenvalue weighted by Gasteiger charge is 2.20. The third kappa shape index (κ3) is 2.80. The number of nitriles is 1. The molecule has 1 aromatic rings. The number of rotatable bonds is 4. The SMILES string of the molecule is CCC(C#N)C(=O)N(C)Cc1scnc1C. The highest BCUT2D eigenvalue weighted by Crippen LogP contribution is 2.16. The molecule has 0 N–H and O–H groups in total. The van der Waals surface area contributed by atoms with Crippen LogP contribution in [0.2, 0.25) is 0 Å². The van der Waals surface area contributed by atoms with Crippen LogP contribution in [0, 0.1) is 24.2 Å². The van der Waals surface area contributed by atoms with Gasteiger partial charge in [0.1, 0.15) is 5.92 Å². The molecule has 0 radical (unpaired) electrons. The number of aromatic nitrogens is 1. The fourth-order valence-corrected chi connectivity index (χ4v) is 2.19. The zero-order chi connectivity index (χ0) is 12.1. The second-order valence-electron chi connectivity index (χ2n) is 3.65. The van der Waals surface area contributed by atoms with Gasteiger partial charge in [0.2, 0.25) is 5.91 Å². The highest BCUT2D eigenvalue weighted by atomic mass is 32.1. The number of carbonyl (C=O) groups is 1. The van der Waals surface area contributed by atoms with Crippen molar-refractivity contribution < 1.29 is 4.79 Å². The molecule has 1 rings (SSSR count). The molecule has 1 aromatic heterocycles. The molecule has 0 spiro atoms. The summed E-state index contributed by atoms with van der Waals surface area (Å²) in [5.74, 6) is -0.643. The smallest absolute Gasteiger partial charge is 0.239 e. The molecule has 86 valence electrons. The zero-order valence-corrected chi connectivity index (χ0v) is 10.5. The van der Waals surface area contributed by atoms with Gasteiger partial charge in [0, 0.05) is 11.9 Å². The molecule has 0 aliphatic heterocycles. The lowest BCUT2D eigenvalue weighted by Gasteiger charge is -2.18. The first-order valence-corrected chi connectivity index (χ1v) is 6.01. The third-order valence-electron chi connectivity index (χ3n) is 2.46. The Morgan fingerprint density at radius 2 is 2.44 bits per heavy atom. The molecule has 0 aliphatic carbocycles. The molecular weight excluding hydrogens is 222 g/mol. The predicted molar refractivity (Wildman–Crippen MR) is 62.7 cm³/mol. The van der Waals surface area contributed by atoms with E-state index < -0.39 is 5.92 Å². The molecule has 1 heterocycles. The number of aryl methyl sites for hydroxylation is 1. The van der Waals surface area contributed by atoms with E-state index in [-0.39, 0.29) is 5.91 Å². The summed E-state index contributed by atoms with van der Waals surface area (Å²) >= 11 is 1.53. The lowest BCUT2D eigenvalue weighted by atomic mass is 10.1. The van der Waals surface area contributed by atoms with E-state index in [1.807, 2.05) is 19.9 Å². The van der Waals surface area contributed by atoms with Crippen molar-refractivity contribution in [2.45, 2.75) is 26.8 Å². The largest absolute Gasteiger partial charge is 0.339 e. The Labute approximate surface area is 99.5 Å². The molecule has 0 saturated carbocycles. The van der Waals surface area contributed by atoms with Gasteiger partial charge in [0.15, 0.2) is 0 Å². The monoisotopic (exact) mass is 237 g/mol. The Balaban J connectivity index is 2.66.